The van der Waals surface area contributed by atoms with Crippen LogP contribution in [-0.4, -0.2) is 41.6 Å². The second-order valence-electron chi connectivity index (χ2n) is 15.1. The average Bonchev–Trinajstić information content (AvgIpc) is 3.13. The predicted molar refractivity (Wildman–Crippen MR) is 220 cm³/mol. The molecule has 0 aliphatic rings. The van der Waals surface area contributed by atoms with Gasteiger partial charge >= 0.3 is 11.9 Å². The Kier molecular flexibility index (Phi) is 38.4. The summed E-state index contributed by atoms with van der Waals surface area (Å²) < 4.78 is 5.93. The van der Waals surface area contributed by atoms with E-state index in [2.05, 4.69) is 43.5 Å². The summed E-state index contributed by atoms with van der Waals surface area (Å²) in [5, 5.41) is 11.9. The molecule has 0 spiro atoms. The predicted octanol–water partition coefficient (Wildman–Crippen LogP) is 12.5. The van der Waals surface area contributed by atoms with E-state index in [1.807, 2.05) is 0 Å². The SMILES string of the molecule is CCCCCCCC/C=C\CCCCCCCCCCCC(=O)OC(/C=C\CCCCCCCC)CCCCCCC(=O)NC(CCCN)C(=O)O. The maximum absolute atomic E-state index is 12.7. The molecule has 52 heavy (non-hydrogen) atoms. The van der Waals surface area contributed by atoms with Crippen molar-refractivity contribution in [2.45, 2.75) is 238 Å². The highest BCUT2D eigenvalue weighted by Gasteiger charge is 2.19. The fourth-order valence-electron chi connectivity index (χ4n) is 6.59. The highest BCUT2D eigenvalue weighted by molar-refractivity contribution is 5.83. The normalized spacial score (nSPS) is 12.8. The van der Waals surface area contributed by atoms with Crippen LogP contribution in [0.25, 0.3) is 0 Å². The Hall–Kier alpha value is -2.15. The lowest BCUT2D eigenvalue weighted by Crippen LogP contribution is -2.40. The molecular weight excluding hydrogens is 649 g/mol. The number of esters is 1. The van der Waals surface area contributed by atoms with E-state index in [1.54, 1.807) is 0 Å². The van der Waals surface area contributed by atoms with E-state index in [1.165, 1.54) is 135 Å². The Labute approximate surface area is 321 Å². The second kappa shape index (κ2) is 40.0. The van der Waals surface area contributed by atoms with Gasteiger partial charge in [-0.1, -0.05) is 154 Å². The molecule has 0 fully saturated rings. The molecule has 0 aliphatic carbocycles. The fraction of sp³-hybridized carbons (Fsp3) is 0.844. The second-order valence-corrected chi connectivity index (χ2v) is 15.1. The Morgan fingerprint density at radius 1 is 0.558 bits per heavy atom. The number of amides is 1. The lowest BCUT2D eigenvalue weighted by atomic mass is 10.0. The maximum Gasteiger partial charge on any atom is 0.326 e. The molecule has 2 unspecified atom stereocenters. The van der Waals surface area contributed by atoms with Crippen LogP contribution in [0.15, 0.2) is 24.3 Å². The first-order chi connectivity index (χ1) is 25.4. The average molecular weight is 733 g/mol. The molecule has 304 valence electrons. The van der Waals surface area contributed by atoms with E-state index in [0.717, 1.165) is 44.9 Å². The number of carboxylic acid groups (broad SMARTS) is 1. The summed E-state index contributed by atoms with van der Waals surface area (Å²) in [6, 6.07) is -0.869. The number of carbonyl (C=O) groups excluding carboxylic acids is 2. The van der Waals surface area contributed by atoms with E-state index >= 15 is 0 Å². The van der Waals surface area contributed by atoms with Crippen LogP contribution < -0.4 is 11.1 Å². The van der Waals surface area contributed by atoms with Crippen LogP contribution in [0.4, 0.5) is 0 Å². The molecule has 0 rings (SSSR count). The molecule has 0 bridgehead atoms. The molecule has 0 aromatic heterocycles. The molecule has 0 heterocycles. The fourth-order valence-corrected chi connectivity index (χ4v) is 6.59. The van der Waals surface area contributed by atoms with Crippen LogP contribution in [0, 0.1) is 0 Å². The number of ether oxygens (including phenoxy) is 1. The summed E-state index contributed by atoms with van der Waals surface area (Å²) in [7, 11) is 0. The number of nitrogens with one attached hydrogen (secondary N) is 1. The molecule has 0 aliphatic heterocycles. The number of allylic oxidation sites excluding steroid dienone is 3. The Balaban J connectivity index is 4.18. The Morgan fingerprint density at radius 2 is 1.00 bits per heavy atom. The summed E-state index contributed by atoms with van der Waals surface area (Å²) in [5.74, 6) is -1.32. The molecule has 4 N–H and O–H groups in total. The van der Waals surface area contributed by atoms with Crippen molar-refractivity contribution in [1.82, 2.24) is 5.32 Å². The summed E-state index contributed by atoms with van der Waals surface area (Å²) in [5.41, 5.74) is 5.48. The van der Waals surface area contributed by atoms with Crippen molar-refractivity contribution in [2.24, 2.45) is 5.73 Å². The quantitative estimate of drug-likeness (QED) is 0.0328. The molecule has 0 aromatic rings. The zero-order valence-corrected chi connectivity index (χ0v) is 34.2. The highest BCUT2D eigenvalue weighted by atomic mass is 16.5. The van der Waals surface area contributed by atoms with Gasteiger partial charge in [0, 0.05) is 12.8 Å². The van der Waals surface area contributed by atoms with Crippen molar-refractivity contribution >= 4 is 17.8 Å². The molecule has 0 saturated heterocycles. The lowest BCUT2D eigenvalue weighted by Gasteiger charge is -2.15. The Morgan fingerprint density at radius 3 is 1.50 bits per heavy atom. The first-order valence-electron chi connectivity index (χ1n) is 22.2. The molecule has 0 radical (unpaired) electrons. The summed E-state index contributed by atoms with van der Waals surface area (Å²) in [6.45, 7) is 4.92. The zero-order chi connectivity index (χ0) is 38.2. The van der Waals surface area contributed by atoms with Crippen LogP contribution in [-0.2, 0) is 19.1 Å². The number of carbonyl (C=O) groups is 3. The topological polar surface area (TPSA) is 119 Å². The van der Waals surface area contributed by atoms with Gasteiger partial charge in [0.05, 0.1) is 0 Å². The van der Waals surface area contributed by atoms with Gasteiger partial charge < -0.3 is 20.9 Å². The van der Waals surface area contributed by atoms with E-state index in [9.17, 15) is 19.5 Å². The number of aliphatic carboxylic acids is 1. The smallest absolute Gasteiger partial charge is 0.326 e. The van der Waals surface area contributed by atoms with Gasteiger partial charge in [-0.15, -0.1) is 0 Å². The summed E-state index contributed by atoms with van der Waals surface area (Å²) >= 11 is 0. The van der Waals surface area contributed by atoms with E-state index in [0.29, 0.717) is 38.6 Å². The molecule has 1 amide bonds. The van der Waals surface area contributed by atoms with E-state index < -0.39 is 12.0 Å². The summed E-state index contributed by atoms with van der Waals surface area (Å²) in [6.07, 6.45) is 45.3. The molecular formula is C45H84N2O5. The molecule has 7 nitrogen and oxygen atoms in total. The van der Waals surface area contributed by atoms with Crippen molar-refractivity contribution < 1.29 is 24.2 Å². The molecule has 0 aromatic carbocycles. The number of nitrogens with two attached hydrogens (primary N) is 1. The Bertz CT molecular complexity index is 874. The van der Waals surface area contributed by atoms with Crippen molar-refractivity contribution in [3.05, 3.63) is 24.3 Å². The largest absolute Gasteiger partial charge is 0.480 e. The van der Waals surface area contributed by atoms with Crippen LogP contribution >= 0.6 is 0 Å². The van der Waals surface area contributed by atoms with Crippen molar-refractivity contribution in [3.63, 3.8) is 0 Å². The van der Waals surface area contributed by atoms with Gasteiger partial charge in [0.2, 0.25) is 5.91 Å². The maximum atomic E-state index is 12.7. The zero-order valence-electron chi connectivity index (χ0n) is 34.2. The van der Waals surface area contributed by atoms with Crippen molar-refractivity contribution in [2.75, 3.05) is 6.54 Å². The van der Waals surface area contributed by atoms with Crippen LogP contribution in [0.2, 0.25) is 0 Å². The minimum Gasteiger partial charge on any atom is -0.480 e. The van der Waals surface area contributed by atoms with Gasteiger partial charge in [-0.25, -0.2) is 4.79 Å². The highest BCUT2D eigenvalue weighted by Crippen LogP contribution is 2.16. The minimum atomic E-state index is -1.01. The first-order valence-corrected chi connectivity index (χ1v) is 22.2. The summed E-state index contributed by atoms with van der Waals surface area (Å²) in [4.78, 5) is 36.3. The van der Waals surface area contributed by atoms with Gasteiger partial charge in [0.25, 0.3) is 0 Å². The van der Waals surface area contributed by atoms with Gasteiger partial charge in [-0.05, 0) is 89.7 Å². The van der Waals surface area contributed by atoms with Crippen molar-refractivity contribution in [3.8, 4) is 0 Å². The first kappa shape index (κ1) is 49.9. The third-order valence-corrected chi connectivity index (χ3v) is 9.97. The number of rotatable bonds is 40. The van der Waals surface area contributed by atoms with Crippen LogP contribution in [0.3, 0.4) is 0 Å². The third-order valence-electron chi connectivity index (χ3n) is 9.97. The van der Waals surface area contributed by atoms with Crippen LogP contribution in [0.1, 0.15) is 226 Å². The number of carboxylic acids is 1. The number of hydrogen-bond acceptors (Lipinski definition) is 5. The standard InChI is InChI=1S/C45H84N2O5/c1-3-5-7-9-11-13-14-15-16-17-18-19-20-21-22-23-25-27-33-39-44(49)52-41(35-30-26-24-12-10-8-6-4-2)36-31-28-29-32-38-43(48)47-42(45(50)51)37-34-40-46/h15-16,30,35,41-42H,3-14,17-29,31-34,36-40,46H2,1-2H3,(H,47,48)(H,50,51)/b16-15-,35-30-. The molecule has 7 heteroatoms. The van der Waals surface area contributed by atoms with Crippen LogP contribution in [0.5, 0.6) is 0 Å². The van der Waals surface area contributed by atoms with Crippen molar-refractivity contribution in [1.29, 1.82) is 0 Å². The molecule has 2 atom stereocenters. The number of hydrogen-bond donors (Lipinski definition) is 3. The lowest BCUT2D eigenvalue weighted by molar-refractivity contribution is -0.147. The van der Waals surface area contributed by atoms with Gasteiger partial charge in [0.15, 0.2) is 0 Å². The van der Waals surface area contributed by atoms with Gasteiger partial charge in [-0.3, -0.25) is 9.59 Å². The van der Waals surface area contributed by atoms with E-state index in [-0.39, 0.29) is 18.0 Å². The third kappa shape index (κ3) is 36.2. The monoisotopic (exact) mass is 733 g/mol. The van der Waals surface area contributed by atoms with Gasteiger partial charge in [-0.2, -0.15) is 0 Å². The minimum absolute atomic E-state index is 0.0884. The number of unbranched alkanes of at least 4 members (excludes halogenated alkanes) is 24. The molecule has 0 saturated carbocycles. The van der Waals surface area contributed by atoms with Gasteiger partial charge in [0.1, 0.15) is 12.1 Å². The van der Waals surface area contributed by atoms with E-state index in [4.69, 9.17) is 10.5 Å².